The van der Waals surface area contributed by atoms with E-state index in [0.29, 0.717) is 0 Å². The smallest absolute Gasteiger partial charge is 0.153 e. The molecule has 0 amide bonds. The molecule has 0 unspecified atom stereocenters. The van der Waals surface area contributed by atoms with E-state index in [-0.39, 0.29) is 5.41 Å². The fourth-order valence-electron chi connectivity index (χ4n) is 3.41. The van der Waals surface area contributed by atoms with Crippen molar-refractivity contribution in [1.29, 1.82) is 0 Å². The van der Waals surface area contributed by atoms with E-state index in [2.05, 4.69) is 55.0 Å². The zero-order chi connectivity index (χ0) is 17.4. The van der Waals surface area contributed by atoms with Gasteiger partial charge in [-0.25, -0.2) is 0 Å². The number of aromatic nitrogens is 2. The highest BCUT2D eigenvalue weighted by molar-refractivity contribution is 6.05. The van der Waals surface area contributed by atoms with Crippen LogP contribution < -0.4 is 0 Å². The van der Waals surface area contributed by atoms with Gasteiger partial charge in [0, 0.05) is 28.7 Å². The van der Waals surface area contributed by atoms with Gasteiger partial charge in [-0.1, -0.05) is 20.8 Å². The van der Waals surface area contributed by atoms with Gasteiger partial charge in [0.15, 0.2) is 5.58 Å². The second-order valence-electron chi connectivity index (χ2n) is 6.88. The molecule has 3 nitrogen and oxygen atoms in total. The van der Waals surface area contributed by atoms with Gasteiger partial charge in [0.2, 0.25) is 0 Å². The molecular weight excluding hydrogens is 308 g/mol. The normalized spacial score (nSPS) is 12.1. The predicted molar refractivity (Wildman–Crippen MR) is 103 cm³/mol. The van der Waals surface area contributed by atoms with Gasteiger partial charge >= 0.3 is 0 Å². The average molecular weight is 330 g/mol. The number of pyridine rings is 2. The minimum Gasteiger partial charge on any atom is -0.454 e. The van der Waals surface area contributed by atoms with Gasteiger partial charge in [-0.15, -0.1) is 0 Å². The van der Waals surface area contributed by atoms with Crippen molar-refractivity contribution in [3.05, 3.63) is 60.6 Å². The highest BCUT2D eigenvalue weighted by Gasteiger charge is 2.22. The Morgan fingerprint density at radius 2 is 1.76 bits per heavy atom. The van der Waals surface area contributed by atoms with Crippen molar-refractivity contribution < 1.29 is 4.42 Å². The number of benzene rings is 1. The second kappa shape index (κ2) is 5.99. The Morgan fingerprint density at radius 3 is 2.56 bits per heavy atom. The van der Waals surface area contributed by atoms with Gasteiger partial charge in [0.25, 0.3) is 0 Å². The van der Waals surface area contributed by atoms with Crippen LogP contribution in [0, 0.1) is 0 Å². The molecule has 4 aromatic rings. The first-order chi connectivity index (χ1) is 12.1. The minimum atomic E-state index is 0.190. The summed E-state index contributed by atoms with van der Waals surface area (Å²) >= 11 is 0. The van der Waals surface area contributed by atoms with Gasteiger partial charge in [0.1, 0.15) is 5.58 Å². The van der Waals surface area contributed by atoms with Crippen LogP contribution in [-0.4, -0.2) is 9.97 Å². The molecule has 0 aliphatic rings. The highest BCUT2D eigenvalue weighted by atomic mass is 16.3. The molecule has 0 atom stereocenters. The molecule has 0 saturated heterocycles. The maximum absolute atomic E-state index is 5.87. The van der Waals surface area contributed by atoms with Gasteiger partial charge in [0.05, 0.1) is 11.9 Å². The molecule has 0 aliphatic heterocycles. The molecule has 3 aromatic heterocycles. The number of fused-ring (bicyclic) bond motifs is 3. The third kappa shape index (κ3) is 2.60. The number of hydrogen-bond donors (Lipinski definition) is 0. The Hall–Kier alpha value is -2.68. The highest BCUT2D eigenvalue weighted by Crippen LogP contribution is 2.34. The van der Waals surface area contributed by atoms with Crippen LogP contribution in [0.3, 0.4) is 0 Å². The molecule has 3 heterocycles. The van der Waals surface area contributed by atoms with Crippen molar-refractivity contribution in [2.75, 3.05) is 0 Å². The van der Waals surface area contributed by atoms with Crippen LogP contribution in [0.4, 0.5) is 0 Å². The molecule has 0 N–H and O–H groups in total. The van der Waals surface area contributed by atoms with Crippen LogP contribution in [0.5, 0.6) is 0 Å². The van der Waals surface area contributed by atoms with Crippen LogP contribution in [-0.2, 0) is 5.41 Å². The molecule has 0 radical (unpaired) electrons. The first-order valence-corrected chi connectivity index (χ1v) is 8.88. The van der Waals surface area contributed by atoms with E-state index < -0.39 is 0 Å². The fourth-order valence-corrected chi connectivity index (χ4v) is 3.41. The molecule has 0 spiro atoms. The van der Waals surface area contributed by atoms with E-state index >= 15 is 0 Å². The lowest BCUT2D eigenvalue weighted by molar-refractivity contribution is 0.438. The van der Waals surface area contributed by atoms with Gasteiger partial charge < -0.3 is 4.42 Å². The topological polar surface area (TPSA) is 38.9 Å². The Labute approximate surface area is 147 Å². The molecular formula is C22H22N2O. The third-order valence-corrected chi connectivity index (χ3v) is 5.59. The summed E-state index contributed by atoms with van der Waals surface area (Å²) in [7, 11) is 0. The van der Waals surface area contributed by atoms with Crippen LogP contribution in [0.25, 0.3) is 33.2 Å². The lowest BCUT2D eigenvalue weighted by Crippen LogP contribution is -2.19. The summed E-state index contributed by atoms with van der Waals surface area (Å²) in [6.45, 7) is 6.83. The number of furan rings is 1. The zero-order valence-corrected chi connectivity index (χ0v) is 14.9. The Morgan fingerprint density at radius 1 is 0.920 bits per heavy atom. The zero-order valence-electron chi connectivity index (χ0n) is 14.9. The molecule has 126 valence electrons. The lowest BCUT2D eigenvalue weighted by Gasteiger charge is -2.27. The first-order valence-electron chi connectivity index (χ1n) is 8.88. The van der Waals surface area contributed by atoms with E-state index in [1.807, 2.05) is 18.3 Å². The minimum absolute atomic E-state index is 0.190. The monoisotopic (exact) mass is 330 g/mol. The van der Waals surface area contributed by atoms with Crippen molar-refractivity contribution in [1.82, 2.24) is 9.97 Å². The van der Waals surface area contributed by atoms with Crippen LogP contribution in [0.1, 0.15) is 39.2 Å². The number of nitrogens with zero attached hydrogens (tertiary/aromatic N) is 2. The number of hydrogen-bond acceptors (Lipinski definition) is 3. The SMILES string of the molecule is CCC(C)(CC)c1ccnc(-c2ccc3oc4cnccc4c3c2)c1. The lowest BCUT2D eigenvalue weighted by atomic mass is 9.78. The van der Waals surface area contributed by atoms with E-state index in [0.717, 1.165) is 46.0 Å². The quantitative estimate of drug-likeness (QED) is 0.452. The van der Waals surface area contributed by atoms with Crippen molar-refractivity contribution in [2.45, 2.75) is 39.0 Å². The molecule has 0 aliphatic carbocycles. The van der Waals surface area contributed by atoms with Crippen LogP contribution in [0.2, 0.25) is 0 Å². The first kappa shape index (κ1) is 15.8. The molecule has 25 heavy (non-hydrogen) atoms. The summed E-state index contributed by atoms with van der Waals surface area (Å²) in [5, 5.41) is 2.20. The molecule has 0 bridgehead atoms. The van der Waals surface area contributed by atoms with Gasteiger partial charge in [-0.2, -0.15) is 0 Å². The van der Waals surface area contributed by atoms with Crippen molar-refractivity contribution in [2.24, 2.45) is 0 Å². The summed E-state index contributed by atoms with van der Waals surface area (Å²) in [6.07, 6.45) is 7.73. The molecule has 1 aromatic carbocycles. The van der Waals surface area contributed by atoms with E-state index in [1.165, 1.54) is 5.56 Å². The van der Waals surface area contributed by atoms with E-state index in [1.54, 1.807) is 12.4 Å². The van der Waals surface area contributed by atoms with Gasteiger partial charge in [-0.05, 0) is 60.2 Å². The van der Waals surface area contributed by atoms with Crippen molar-refractivity contribution in [3.63, 3.8) is 0 Å². The number of rotatable bonds is 4. The summed E-state index contributed by atoms with van der Waals surface area (Å²) in [6, 6.07) is 12.7. The molecule has 3 heteroatoms. The summed E-state index contributed by atoms with van der Waals surface area (Å²) in [5.41, 5.74) is 5.37. The summed E-state index contributed by atoms with van der Waals surface area (Å²) in [4.78, 5) is 8.76. The van der Waals surface area contributed by atoms with Crippen LogP contribution in [0.15, 0.2) is 59.4 Å². The van der Waals surface area contributed by atoms with Crippen molar-refractivity contribution in [3.8, 4) is 11.3 Å². The fraction of sp³-hybridized carbons (Fsp3) is 0.273. The predicted octanol–water partition coefficient (Wildman–Crippen LogP) is 6.12. The van der Waals surface area contributed by atoms with E-state index in [4.69, 9.17) is 4.42 Å². The second-order valence-corrected chi connectivity index (χ2v) is 6.88. The Kier molecular flexibility index (Phi) is 3.79. The molecule has 4 rings (SSSR count). The summed E-state index contributed by atoms with van der Waals surface area (Å²) in [5.74, 6) is 0. The molecule has 0 fully saturated rings. The Balaban J connectivity index is 1.86. The maximum Gasteiger partial charge on any atom is 0.153 e. The summed E-state index contributed by atoms with van der Waals surface area (Å²) < 4.78 is 5.87. The third-order valence-electron chi connectivity index (χ3n) is 5.59. The van der Waals surface area contributed by atoms with Gasteiger partial charge in [-0.3, -0.25) is 9.97 Å². The standard InChI is InChI=1S/C22H22N2O/c1-4-22(3,5-2)16-8-11-24-19(13-16)15-6-7-20-18(12-15)17-9-10-23-14-21(17)25-20/h6-14H,4-5H2,1-3H3. The van der Waals surface area contributed by atoms with Crippen LogP contribution >= 0.6 is 0 Å². The molecule has 0 saturated carbocycles. The average Bonchev–Trinajstić information content (AvgIpc) is 3.05. The maximum atomic E-state index is 5.87. The Bertz CT molecular complexity index is 1040. The van der Waals surface area contributed by atoms with Crippen molar-refractivity contribution >= 4 is 21.9 Å². The largest absolute Gasteiger partial charge is 0.454 e. The van der Waals surface area contributed by atoms with E-state index in [9.17, 15) is 0 Å².